The summed E-state index contributed by atoms with van der Waals surface area (Å²) in [5.74, 6) is 0.436. The van der Waals surface area contributed by atoms with Gasteiger partial charge in [0.15, 0.2) is 0 Å². The number of ether oxygens (including phenoxy) is 1. The topological polar surface area (TPSA) is 46.6 Å². The van der Waals surface area contributed by atoms with E-state index in [1.54, 1.807) is 13.0 Å². The van der Waals surface area contributed by atoms with Crippen LogP contribution in [0, 0.1) is 3.57 Å². The fourth-order valence-electron chi connectivity index (χ4n) is 2.46. The maximum Gasteiger partial charge on any atom is 0.293 e. The molecule has 4 nitrogen and oxygen atoms in total. The monoisotopic (exact) mass is 621 g/mol. The van der Waals surface area contributed by atoms with Gasteiger partial charge in [0.1, 0.15) is 12.4 Å². The average Bonchev–Trinajstić information content (AvgIpc) is 2.88. The number of thioether (sulfide) groups is 1. The average molecular weight is 623 g/mol. The van der Waals surface area contributed by atoms with Gasteiger partial charge < -0.3 is 4.74 Å². The molecule has 1 saturated heterocycles. The largest absolute Gasteiger partial charge is 0.487 e. The maximum absolute atomic E-state index is 12.2. The lowest BCUT2D eigenvalue weighted by atomic mass is 10.2. The van der Waals surface area contributed by atoms with Gasteiger partial charge in [-0.1, -0.05) is 12.1 Å². The number of imide groups is 1. The second kappa shape index (κ2) is 9.11. The fourth-order valence-corrected chi connectivity index (χ4v) is 5.17. The van der Waals surface area contributed by atoms with E-state index in [9.17, 15) is 9.59 Å². The summed E-state index contributed by atoms with van der Waals surface area (Å²) in [6.45, 7) is 2.61. The Bertz CT molecular complexity index is 908. The first-order chi connectivity index (χ1) is 12.9. The van der Waals surface area contributed by atoms with Crippen LogP contribution in [-0.4, -0.2) is 22.6 Å². The molecular weight excluding hydrogens is 609 g/mol. The summed E-state index contributed by atoms with van der Waals surface area (Å²) in [4.78, 5) is 25.7. The minimum Gasteiger partial charge on any atom is -0.487 e. The number of likely N-dealkylation sites (N-methyl/N-ethyl adjacent to an activating group) is 1. The number of hydrogen-bond donors (Lipinski definition) is 0. The fraction of sp³-hybridized carbons (Fsp3) is 0.158. The van der Waals surface area contributed by atoms with Crippen LogP contribution < -0.4 is 4.74 Å². The molecule has 0 radical (unpaired) electrons. The van der Waals surface area contributed by atoms with E-state index in [0.717, 1.165) is 31.8 Å². The van der Waals surface area contributed by atoms with E-state index in [4.69, 9.17) is 4.74 Å². The van der Waals surface area contributed by atoms with Crippen LogP contribution in [0.2, 0.25) is 0 Å². The van der Waals surface area contributed by atoms with Crippen molar-refractivity contribution in [3.8, 4) is 5.75 Å². The molecule has 0 aromatic heterocycles. The number of halogens is 3. The Morgan fingerprint density at radius 2 is 1.78 bits per heavy atom. The Morgan fingerprint density at radius 3 is 2.33 bits per heavy atom. The van der Waals surface area contributed by atoms with Crippen molar-refractivity contribution in [3.63, 3.8) is 0 Å². The molecule has 2 aromatic carbocycles. The van der Waals surface area contributed by atoms with Crippen LogP contribution in [0.4, 0.5) is 4.79 Å². The van der Waals surface area contributed by atoms with E-state index in [2.05, 4.69) is 54.5 Å². The van der Waals surface area contributed by atoms with Gasteiger partial charge in [-0.3, -0.25) is 14.5 Å². The van der Waals surface area contributed by atoms with Crippen molar-refractivity contribution >= 4 is 83.4 Å². The highest BCUT2D eigenvalue weighted by Crippen LogP contribution is 2.38. The number of carbonyl (C=O) groups excluding carboxylic acids is 2. The van der Waals surface area contributed by atoms with Gasteiger partial charge in [0, 0.05) is 10.1 Å². The number of amides is 2. The van der Waals surface area contributed by atoms with Crippen LogP contribution in [0.1, 0.15) is 18.1 Å². The number of carbonyl (C=O) groups is 2. The molecule has 1 aliphatic heterocycles. The SMILES string of the molecule is CCN1C(=O)S/C(=C/c2cc(Br)c(OCc3ccc(I)cc3)c(Br)c2)C1=O. The Kier molecular flexibility index (Phi) is 7.04. The van der Waals surface area contributed by atoms with Crippen molar-refractivity contribution in [1.29, 1.82) is 0 Å². The lowest BCUT2D eigenvalue weighted by Crippen LogP contribution is -2.27. The Morgan fingerprint density at radius 1 is 1.15 bits per heavy atom. The van der Waals surface area contributed by atoms with Crippen LogP contribution in [-0.2, 0) is 11.4 Å². The summed E-state index contributed by atoms with van der Waals surface area (Å²) in [6, 6.07) is 11.9. The first-order valence-electron chi connectivity index (χ1n) is 8.00. The lowest BCUT2D eigenvalue weighted by Gasteiger charge is -2.12. The van der Waals surface area contributed by atoms with Gasteiger partial charge in [-0.2, -0.15) is 0 Å². The highest BCUT2D eigenvalue weighted by molar-refractivity contribution is 14.1. The van der Waals surface area contributed by atoms with Crippen LogP contribution in [0.15, 0.2) is 50.2 Å². The number of hydrogen-bond acceptors (Lipinski definition) is 4. The molecule has 0 atom stereocenters. The third-order valence-electron chi connectivity index (χ3n) is 3.80. The van der Waals surface area contributed by atoms with E-state index < -0.39 is 0 Å². The van der Waals surface area contributed by atoms with Gasteiger partial charge in [-0.05, 0) is 115 Å². The molecule has 0 aliphatic carbocycles. The Balaban J connectivity index is 1.79. The summed E-state index contributed by atoms with van der Waals surface area (Å²) in [5, 5.41) is -0.232. The second-order valence-corrected chi connectivity index (χ2v) is 9.60. The van der Waals surface area contributed by atoms with E-state index in [0.29, 0.717) is 23.8 Å². The zero-order chi connectivity index (χ0) is 19.6. The molecule has 27 heavy (non-hydrogen) atoms. The predicted octanol–water partition coefficient (Wildman–Crippen LogP) is 6.45. The number of benzene rings is 2. The lowest BCUT2D eigenvalue weighted by molar-refractivity contribution is -0.122. The van der Waals surface area contributed by atoms with Gasteiger partial charge in [-0.25, -0.2) is 0 Å². The third kappa shape index (κ3) is 4.96. The summed E-state index contributed by atoms with van der Waals surface area (Å²) >= 11 is 10.3. The van der Waals surface area contributed by atoms with Gasteiger partial charge in [-0.15, -0.1) is 0 Å². The van der Waals surface area contributed by atoms with Gasteiger partial charge in [0.05, 0.1) is 13.9 Å². The van der Waals surface area contributed by atoms with Gasteiger partial charge >= 0.3 is 0 Å². The minimum atomic E-state index is -0.251. The molecule has 1 fully saturated rings. The molecule has 2 aromatic rings. The summed E-state index contributed by atoms with van der Waals surface area (Å²) in [7, 11) is 0. The van der Waals surface area contributed by atoms with Crippen molar-refractivity contribution in [2.24, 2.45) is 0 Å². The zero-order valence-corrected chi connectivity index (χ0v) is 20.3. The molecule has 1 heterocycles. The van der Waals surface area contributed by atoms with Gasteiger partial charge in [0.25, 0.3) is 11.1 Å². The van der Waals surface area contributed by atoms with Crippen molar-refractivity contribution in [2.45, 2.75) is 13.5 Å². The molecule has 0 saturated carbocycles. The molecule has 0 N–H and O–H groups in total. The van der Waals surface area contributed by atoms with E-state index >= 15 is 0 Å². The first kappa shape index (κ1) is 20.9. The summed E-state index contributed by atoms with van der Waals surface area (Å²) in [6.07, 6.45) is 1.72. The summed E-state index contributed by atoms with van der Waals surface area (Å²) in [5.41, 5.74) is 1.88. The quantitative estimate of drug-likeness (QED) is 0.284. The third-order valence-corrected chi connectivity index (χ3v) is 6.61. The summed E-state index contributed by atoms with van der Waals surface area (Å²) < 4.78 is 8.65. The Hall–Kier alpha value is -0.840. The number of nitrogens with zero attached hydrogens (tertiary/aromatic N) is 1. The van der Waals surface area contributed by atoms with Crippen LogP contribution in [0.5, 0.6) is 5.75 Å². The highest BCUT2D eigenvalue weighted by Gasteiger charge is 2.33. The molecule has 3 rings (SSSR count). The van der Waals surface area contributed by atoms with Crippen molar-refractivity contribution in [2.75, 3.05) is 6.54 Å². The van der Waals surface area contributed by atoms with E-state index in [-0.39, 0.29) is 11.1 Å². The maximum atomic E-state index is 12.2. The van der Waals surface area contributed by atoms with Gasteiger partial charge in [0.2, 0.25) is 0 Å². The van der Waals surface area contributed by atoms with E-state index in [1.165, 1.54) is 8.47 Å². The zero-order valence-electron chi connectivity index (χ0n) is 14.2. The molecule has 0 spiro atoms. The van der Waals surface area contributed by atoms with Crippen LogP contribution in [0.25, 0.3) is 6.08 Å². The number of rotatable bonds is 5. The standard InChI is InChI=1S/C19H14Br2INO3S/c1-2-23-18(24)16(27-19(23)25)9-12-7-14(20)17(15(21)8-12)26-10-11-3-5-13(22)6-4-11/h3-9H,2,10H2,1H3/b16-9+. The molecule has 2 amide bonds. The van der Waals surface area contributed by atoms with Crippen molar-refractivity contribution in [3.05, 3.63) is 64.9 Å². The smallest absolute Gasteiger partial charge is 0.293 e. The molecule has 140 valence electrons. The molecule has 0 unspecified atom stereocenters. The second-order valence-electron chi connectivity index (χ2n) is 5.65. The molecular formula is C19H14Br2INO3S. The van der Waals surface area contributed by atoms with Crippen LogP contribution in [0.3, 0.4) is 0 Å². The molecule has 1 aliphatic rings. The normalized spacial score (nSPS) is 15.7. The predicted molar refractivity (Wildman–Crippen MR) is 124 cm³/mol. The first-order valence-corrected chi connectivity index (χ1v) is 11.5. The highest BCUT2D eigenvalue weighted by atomic mass is 127. The van der Waals surface area contributed by atoms with E-state index in [1.807, 2.05) is 36.4 Å². The molecule has 0 bridgehead atoms. The van der Waals surface area contributed by atoms with Crippen LogP contribution >= 0.6 is 66.2 Å². The minimum absolute atomic E-state index is 0.232. The van der Waals surface area contributed by atoms with Crippen molar-refractivity contribution in [1.82, 2.24) is 4.90 Å². The van der Waals surface area contributed by atoms with Crippen molar-refractivity contribution < 1.29 is 14.3 Å². The molecule has 8 heteroatoms. The Labute approximate surface area is 192 Å².